The Balaban J connectivity index is 1.38. The lowest BCUT2D eigenvalue weighted by atomic mass is 9.91. The number of carbonyl (C=O) groups excluding carboxylic acids is 5. The molecule has 3 N–H and O–H groups in total. The quantitative estimate of drug-likeness (QED) is 0.333. The van der Waals surface area contributed by atoms with Crippen LogP contribution in [0.3, 0.4) is 0 Å². The molecule has 2 atom stereocenters. The fourth-order valence-electron chi connectivity index (χ4n) is 5.45. The molecule has 13 heteroatoms. The number of rotatable bonds is 8. The molecule has 1 saturated heterocycles. The van der Waals surface area contributed by atoms with Crippen LogP contribution in [0, 0.1) is 5.92 Å². The molecule has 0 saturated carbocycles. The summed E-state index contributed by atoms with van der Waals surface area (Å²) in [5.41, 5.74) is 0.294. The van der Waals surface area contributed by atoms with Gasteiger partial charge in [-0.15, -0.1) is 11.3 Å². The summed E-state index contributed by atoms with van der Waals surface area (Å²) in [6, 6.07) is 6.40. The van der Waals surface area contributed by atoms with Crippen LogP contribution in [-0.4, -0.2) is 59.8 Å². The van der Waals surface area contributed by atoms with E-state index in [0.717, 1.165) is 9.60 Å². The first-order valence-electron chi connectivity index (χ1n) is 13.4. The van der Waals surface area contributed by atoms with Crippen molar-refractivity contribution < 1.29 is 33.4 Å². The molecule has 0 bridgehead atoms. The molecule has 1 fully saturated rings. The highest BCUT2D eigenvalue weighted by Crippen LogP contribution is 2.40. The minimum absolute atomic E-state index is 0.0287. The molecule has 2 aliphatic rings. The number of aromatic nitrogens is 1. The van der Waals surface area contributed by atoms with Crippen molar-refractivity contribution in [1.82, 2.24) is 20.5 Å². The van der Waals surface area contributed by atoms with Gasteiger partial charge in [0.2, 0.25) is 11.8 Å². The van der Waals surface area contributed by atoms with E-state index in [1.807, 2.05) is 26.8 Å². The molecule has 0 spiro atoms. The van der Waals surface area contributed by atoms with Crippen LogP contribution in [0.5, 0.6) is 11.5 Å². The van der Waals surface area contributed by atoms with Gasteiger partial charge in [-0.3, -0.25) is 29.4 Å². The summed E-state index contributed by atoms with van der Waals surface area (Å²) in [7, 11) is 3.14. The summed E-state index contributed by atoms with van der Waals surface area (Å²) < 4.78 is 11.8. The predicted molar refractivity (Wildman–Crippen MR) is 155 cm³/mol. The zero-order chi connectivity index (χ0) is 30.3. The molecular weight excluding hydrogens is 562 g/mol. The molecule has 1 aromatic heterocycles. The highest BCUT2D eigenvalue weighted by Gasteiger charge is 2.44. The topological polar surface area (TPSA) is 156 Å². The zero-order valence-corrected chi connectivity index (χ0v) is 24.6. The third-order valence-electron chi connectivity index (χ3n) is 7.26. The molecule has 2 aliphatic heterocycles. The van der Waals surface area contributed by atoms with Crippen LogP contribution in [0.15, 0.2) is 30.3 Å². The Hall–Kier alpha value is -4.52. The molecule has 1 unspecified atom stereocenters. The molecule has 3 heterocycles. The van der Waals surface area contributed by atoms with Crippen molar-refractivity contribution in [3.8, 4) is 11.5 Å². The number of piperidine rings is 1. The van der Waals surface area contributed by atoms with Crippen molar-refractivity contribution in [3.05, 3.63) is 46.5 Å². The molecule has 5 rings (SSSR count). The van der Waals surface area contributed by atoms with Crippen molar-refractivity contribution in [2.75, 3.05) is 19.5 Å². The smallest absolute Gasteiger partial charge is 0.320 e. The first kappa shape index (κ1) is 29.0. The van der Waals surface area contributed by atoms with Gasteiger partial charge in [0.25, 0.3) is 11.8 Å². The van der Waals surface area contributed by atoms with Gasteiger partial charge in [0.15, 0.2) is 0 Å². The van der Waals surface area contributed by atoms with Crippen LogP contribution < -0.4 is 25.4 Å². The lowest BCUT2D eigenvalue weighted by molar-refractivity contribution is -0.136. The Kier molecular flexibility index (Phi) is 7.62. The van der Waals surface area contributed by atoms with E-state index in [-0.39, 0.29) is 29.9 Å². The van der Waals surface area contributed by atoms with Crippen LogP contribution in [0.25, 0.3) is 10.2 Å². The Morgan fingerprint density at radius 1 is 1.12 bits per heavy atom. The first-order chi connectivity index (χ1) is 19.9. The van der Waals surface area contributed by atoms with Gasteiger partial charge in [0.05, 0.1) is 35.6 Å². The summed E-state index contributed by atoms with van der Waals surface area (Å²) in [6.45, 7) is 6.00. The summed E-state index contributed by atoms with van der Waals surface area (Å²) in [4.78, 5) is 69.1. The molecular formula is C29H31N5O7S. The standard InChI is InChI=1S/C29H31N5O7S/c1-14(2)13-29(3,27-32-23-20(41-5)11-16(40-4)12-21(23)42-27)33-28(39)30-15-6-7-17-18(10-15)26(38)34(25(17)37)19-8-9-22(35)31-24(19)36/h6-7,10-12,14,19H,8-9,13H2,1-5H3,(H2,30,33,39)(H,31,35,36)/t19?,29-/m0/s1. The van der Waals surface area contributed by atoms with E-state index in [4.69, 9.17) is 14.5 Å². The number of thiazole rings is 1. The molecule has 6 amide bonds. The summed E-state index contributed by atoms with van der Waals surface area (Å²) in [6.07, 6.45) is 0.668. The Labute approximate surface area is 245 Å². The van der Waals surface area contributed by atoms with E-state index in [2.05, 4.69) is 16.0 Å². The van der Waals surface area contributed by atoms with Crippen LogP contribution in [0.1, 0.15) is 65.8 Å². The normalized spacial score (nSPS) is 18.1. The Morgan fingerprint density at radius 2 is 1.86 bits per heavy atom. The van der Waals surface area contributed by atoms with Gasteiger partial charge < -0.3 is 20.1 Å². The lowest BCUT2D eigenvalue weighted by Gasteiger charge is -2.30. The van der Waals surface area contributed by atoms with Gasteiger partial charge in [-0.1, -0.05) is 13.8 Å². The number of nitrogens with zero attached hydrogens (tertiary/aromatic N) is 2. The maximum absolute atomic E-state index is 13.3. The molecule has 0 radical (unpaired) electrons. The molecule has 2 aromatic carbocycles. The van der Waals surface area contributed by atoms with Gasteiger partial charge in [0.1, 0.15) is 28.1 Å². The second-order valence-corrected chi connectivity index (χ2v) is 11.9. The number of ether oxygens (including phenoxy) is 2. The minimum atomic E-state index is -1.07. The average molecular weight is 594 g/mol. The van der Waals surface area contributed by atoms with E-state index < -0.39 is 41.2 Å². The molecule has 220 valence electrons. The maximum atomic E-state index is 13.3. The van der Waals surface area contributed by atoms with Gasteiger partial charge in [-0.05, 0) is 49.9 Å². The van der Waals surface area contributed by atoms with Crippen molar-refractivity contribution in [3.63, 3.8) is 0 Å². The molecule has 42 heavy (non-hydrogen) atoms. The van der Waals surface area contributed by atoms with Crippen LogP contribution in [0.2, 0.25) is 0 Å². The summed E-state index contributed by atoms with van der Waals surface area (Å²) in [5, 5.41) is 8.68. The number of amides is 6. The van der Waals surface area contributed by atoms with Crippen molar-refractivity contribution in [2.24, 2.45) is 5.92 Å². The summed E-state index contributed by atoms with van der Waals surface area (Å²) in [5.74, 6) is -1.00. The van der Waals surface area contributed by atoms with Gasteiger partial charge in [-0.25, -0.2) is 9.78 Å². The van der Waals surface area contributed by atoms with Crippen molar-refractivity contribution in [1.29, 1.82) is 0 Å². The van der Waals surface area contributed by atoms with E-state index >= 15 is 0 Å². The summed E-state index contributed by atoms with van der Waals surface area (Å²) >= 11 is 1.43. The monoisotopic (exact) mass is 593 g/mol. The maximum Gasteiger partial charge on any atom is 0.320 e. The van der Waals surface area contributed by atoms with E-state index in [1.165, 1.54) is 29.5 Å². The van der Waals surface area contributed by atoms with Crippen LogP contribution in [0.4, 0.5) is 10.5 Å². The molecule has 12 nitrogen and oxygen atoms in total. The number of imide groups is 2. The number of methoxy groups -OCH3 is 2. The van der Waals surface area contributed by atoms with E-state index in [9.17, 15) is 24.0 Å². The van der Waals surface area contributed by atoms with Gasteiger partial charge in [-0.2, -0.15) is 0 Å². The van der Waals surface area contributed by atoms with Crippen molar-refractivity contribution >= 4 is 56.9 Å². The number of fused-ring (bicyclic) bond motifs is 2. The fourth-order valence-corrected chi connectivity index (χ4v) is 6.58. The highest BCUT2D eigenvalue weighted by molar-refractivity contribution is 7.18. The van der Waals surface area contributed by atoms with Crippen molar-refractivity contribution in [2.45, 2.75) is 51.6 Å². The fraction of sp³-hybridized carbons (Fsp3) is 0.379. The first-order valence-corrected chi connectivity index (χ1v) is 14.2. The largest absolute Gasteiger partial charge is 0.497 e. The second kappa shape index (κ2) is 11.0. The number of hydrogen-bond donors (Lipinski definition) is 3. The van der Waals surface area contributed by atoms with E-state index in [0.29, 0.717) is 34.1 Å². The second-order valence-electron chi connectivity index (χ2n) is 10.9. The third-order valence-corrected chi connectivity index (χ3v) is 8.53. The minimum Gasteiger partial charge on any atom is -0.497 e. The Morgan fingerprint density at radius 3 is 2.52 bits per heavy atom. The lowest BCUT2D eigenvalue weighted by Crippen LogP contribution is -2.54. The number of anilines is 1. The number of nitrogens with one attached hydrogen (secondary N) is 3. The third kappa shape index (κ3) is 5.27. The highest BCUT2D eigenvalue weighted by atomic mass is 32.1. The van der Waals surface area contributed by atoms with Gasteiger partial charge in [0, 0.05) is 18.2 Å². The molecule has 0 aliphatic carbocycles. The van der Waals surface area contributed by atoms with Crippen LogP contribution >= 0.6 is 11.3 Å². The van der Waals surface area contributed by atoms with E-state index in [1.54, 1.807) is 20.3 Å². The van der Waals surface area contributed by atoms with Crippen LogP contribution in [-0.2, 0) is 15.1 Å². The number of benzene rings is 2. The van der Waals surface area contributed by atoms with Gasteiger partial charge >= 0.3 is 6.03 Å². The predicted octanol–water partition coefficient (Wildman–Crippen LogP) is 3.80. The average Bonchev–Trinajstić information content (AvgIpc) is 3.47. The number of hydrogen-bond acceptors (Lipinski definition) is 9. The Bertz CT molecular complexity index is 1630. The molecule has 3 aromatic rings. The zero-order valence-electron chi connectivity index (χ0n) is 23.8. The number of urea groups is 1. The number of carbonyl (C=O) groups is 5. The SMILES string of the molecule is COc1cc(OC)c2nc([C@](C)(CC(C)C)NC(=O)Nc3ccc4c(c3)C(=O)N(C3CCC(=O)NC3=O)C4=O)sc2c1.